The van der Waals surface area contributed by atoms with Crippen LogP contribution >= 0.6 is 11.8 Å². The average molecular weight is 444 g/mol. The molecule has 1 N–H and O–H groups in total. The van der Waals surface area contributed by atoms with Gasteiger partial charge >= 0.3 is 0 Å². The molecule has 32 heavy (non-hydrogen) atoms. The summed E-state index contributed by atoms with van der Waals surface area (Å²) in [5.41, 5.74) is 5.16. The van der Waals surface area contributed by atoms with Gasteiger partial charge in [-0.15, -0.1) is 0 Å². The third kappa shape index (κ3) is 4.08. The summed E-state index contributed by atoms with van der Waals surface area (Å²) < 4.78 is 4.07. The van der Waals surface area contributed by atoms with Crippen LogP contribution < -0.4 is 5.32 Å². The molecule has 162 valence electrons. The van der Waals surface area contributed by atoms with Crippen LogP contribution in [0.25, 0.3) is 5.69 Å². The summed E-state index contributed by atoms with van der Waals surface area (Å²) in [7, 11) is 0. The van der Waals surface area contributed by atoms with Crippen LogP contribution in [0, 0.1) is 0 Å². The molecule has 2 aromatic heterocycles. The first-order valence-electron chi connectivity index (χ1n) is 10.8. The Kier molecular flexibility index (Phi) is 5.81. The smallest absolute Gasteiger partial charge is 0.251 e. The molecule has 0 bridgehead atoms. The molecule has 0 aliphatic heterocycles. The Balaban J connectivity index is 1.35. The van der Waals surface area contributed by atoms with Crippen molar-refractivity contribution in [2.24, 2.45) is 0 Å². The molecule has 0 spiro atoms. The summed E-state index contributed by atoms with van der Waals surface area (Å²) in [6.07, 6.45) is 10.6. The standard InChI is InChI=1S/C25H25N5OS/c1-32-25-26-13-14-29(25)20-10-5-9-19(15-20)24(31)28-22-11-6-12-23-21(22)16-27-30(23)17-18-7-3-2-4-8-18/h2-5,7-10,13-16,22H,6,11-12,17H2,1H3,(H,28,31). The van der Waals surface area contributed by atoms with Crippen molar-refractivity contribution in [3.8, 4) is 5.69 Å². The second kappa shape index (κ2) is 9.04. The van der Waals surface area contributed by atoms with Gasteiger partial charge < -0.3 is 5.32 Å². The number of hydrogen-bond acceptors (Lipinski definition) is 4. The normalized spacial score (nSPS) is 15.3. The van der Waals surface area contributed by atoms with Crippen LogP contribution in [0.5, 0.6) is 0 Å². The Morgan fingerprint density at radius 3 is 2.91 bits per heavy atom. The summed E-state index contributed by atoms with van der Waals surface area (Å²) in [6, 6.07) is 18.0. The van der Waals surface area contributed by atoms with Crippen LogP contribution in [0.1, 0.15) is 46.1 Å². The zero-order valence-corrected chi connectivity index (χ0v) is 18.8. The molecule has 1 aliphatic rings. The van der Waals surface area contributed by atoms with Gasteiger partial charge in [0.25, 0.3) is 5.91 Å². The van der Waals surface area contributed by atoms with Gasteiger partial charge in [0.2, 0.25) is 0 Å². The monoisotopic (exact) mass is 443 g/mol. The quantitative estimate of drug-likeness (QED) is 0.441. The molecule has 4 aromatic rings. The predicted molar refractivity (Wildman–Crippen MR) is 126 cm³/mol. The van der Waals surface area contributed by atoms with Gasteiger partial charge in [0.15, 0.2) is 5.16 Å². The van der Waals surface area contributed by atoms with Crippen LogP contribution in [0.4, 0.5) is 0 Å². The van der Waals surface area contributed by atoms with Gasteiger partial charge in [-0.1, -0.05) is 48.2 Å². The second-order valence-corrected chi connectivity index (χ2v) is 8.72. The van der Waals surface area contributed by atoms with E-state index in [2.05, 4.69) is 32.2 Å². The molecule has 0 radical (unpaired) electrons. The number of benzene rings is 2. The molecule has 2 heterocycles. The fraction of sp³-hybridized carbons (Fsp3) is 0.240. The number of nitrogens with one attached hydrogen (secondary N) is 1. The average Bonchev–Trinajstić information content (AvgIpc) is 3.48. The van der Waals surface area contributed by atoms with E-state index in [9.17, 15) is 4.79 Å². The molecule has 0 saturated carbocycles. The molecule has 0 fully saturated rings. The van der Waals surface area contributed by atoms with Crippen LogP contribution in [-0.4, -0.2) is 31.5 Å². The van der Waals surface area contributed by atoms with Crippen LogP contribution in [0.2, 0.25) is 0 Å². The number of hydrogen-bond donors (Lipinski definition) is 1. The third-order valence-corrected chi connectivity index (χ3v) is 6.59. The Morgan fingerprint density at radius 2 is 2.06 bits per heavy atom. The summed E-state index contributed by atoms with van der Waals surface area (Å²) in [4.78, 5) is 17.5. The van der Waals surface area contributed by atoms with Gasteiger partial charge in [-0.25, -0.2) is 4.98 Å². The maximum atomic E-state index is 13.1. The second-order valence-electron chi connectivity index (χ2n) is 7.94. The Hall–Kier alpha value is -3.32. The number of aromatic nitrogens is 4. The van der Waals surface area contributed by atoms with Gasteiger partial charge in [0.05, 0.1) is 18.8 Å². The van der Waals surface area contributed by atoms with E-state index in [1.54, 1.807) is 18.0 Å². The molecular weight excluding hydrogens is 418 g/mol. The highest BCUT2D eigenvalue weighted by Gasteiger charge is 2.26. The van der Waals surface area contributed by atoms with E-state index in [0.29, 0.717) is 5.56 Å². The molecule has 1 unspecified atom stereocenters. The van der Waals surface area contributed by atoms with E-state index in [4.69, 9.17) is 0 Å². The lowest BCUT2D eigenvalue weighted by atomic mass is 9.92. The first kappa shape index (κ1) is 20.6. The fourth-order valence-corrected chi connectivity index (χ4v) is 4.87. The molecule has 2 aromatic carbocycles. The van der Waals surface area contributed by atoms with Crippen molar-refractivity contribution in [2.75, 3.05) is 6.26 Å². The maximum absolute atomic E-state index is 13.1. The Bertz CT molecular complexity index is 1230. The van der Waals surface area contributed by atoms with Crippen molar-refractivity contribution in [1.82, 2.24) is 24.6 Å². The topological polar surface area (TPSA) is 64.7 Å². The van der Waals surface area contributed by atoms with Crippen LogP contribution in [0.3, 0.4) is 0 Å². The lowest BCUT2D eigenvalue weighted by Gasteiger charge is -2.24. The Morgan fingerprint density at radius 1 is 1.19 bits per heavy atom. The minimum atomic E-state index is -0.0636. The summed E-state index contributed by atoms with van der Waals surface area (Å²) in [6.45, 7) is 0.752. The van der Waals surface area contributed by atoms with E-state index >= 15 is 0 Å². The van der Waals surface area contributed by atoms with E-state index in [0.717, 1.165) is 42.2 Å². The molecule has 0 saturated heterocycles. The number of rotatable bonds is 6. The number of fused-ring (bicyclic) bond motifs is 1. The van der Waals surface area contributed by atoms with Gasteiger partial charge in [-0.2, -0.15) is 5.10 Å². The van der Waals surface area contributed by atoms with Crippen molar-refractivity contribution in [3.05, 3.63) is 95.6 Å². The molecule has 1 atom stereocenters. The molecule has 1 aliphatic carbocycles. The highest BCUT2D eigenvalue weighted by Crippen LogP contribution is 2.30. The number of carbonyl (C=O) groups is 1. The first-order valence-corrected chi connectivity index (χ1v) is 12.0. The van der Waals surface area contributed by atoms with Crippen molar-refractivity contribution in [1.29, 1.82) is 0 Å². The number of nitrogens with zero attached hydrogens (tertiary/aromatic N) is 4. The highest BCUT2D eigenvalue weighted by atomic mass is 32.2. The lowest BCUT2D eigenvalue weighted by Crippen LogP contribution is -2.31. The van der Waals surface area contributed by atoms with Gasteiger partial charge in [-0.05, 0) is 49.3 Å². The zero-order valence-electron chi connectivity index (χ0n) is 17.9. The van der Waals surface area contributed by atoms with Crippen LogP contribution in [0.15, 0.2) is 78.3 Å². The predicted octanol–water partition coefficient (Wildman–Crippen LogP) is 4.65. The maximum Gasteiger partial charge on any atom is 0.251 e. The summed E-state index contributed by atoms with van der Waals surface area (Å²) in [5, 5.41) is 8.78. The molecule has 6 nitrogen and oxygen atoms in total. The van der Waals surface area contributed by atoms with Crippen molar-refractivity contribution in [3.63, 3.8) is 0 Å². The lowest BCUT2D eigenvalue weighted by molar-refractivity contribution is 0.0932. The van der Waals surface area contributed by atoms with Gasteiger partial charge in [0, 0.05) is 34.9 Å². The molecule has 1 amide bonds. The molecule has 7 heteroatoms. The van der Waals surface area contributed by atoms with Gasteiger partial charge in [0.1, 0.15) is 0 Å². The molecular formula is C25H25N5OS. The first-order chi connectivity index (χ1) is 15.7. The minimum Gasteiger partial charge on any atom is -0.345 e. The fourth-order valence-electron chi connectivity index (χ4n) is 4.34. The van der Waals surface area contributed by atoms with E-state index in [1.807, 2.05) is 65.7 Å². The number of carbonyl (C=O) groups excluding carboxylic acids is 1. The number of amides is 1. The summed E-state index contributed by atoms with van der Waals surface area (Å²) in [5.74, 6) is -0.0636. The van der Waals surface area contributed by atoms with E-state index < -0.39 is 0 Å². The highest BCUT2D eigenvalue weighted by molar-refractivity contribution is 7.98. The van der Waals surface area contributed by atoms with Crippen molar-refractivity contribution >= 4 is 17.7 Å². The summed E-state index contributed by atoms with van der Waals surface area (Å²) >= 11 is 1.58. The van der Waals surface area contributed by atoms with Crippen molar-refractivity contribution < 1.29 is 4.79 Å². The molecule has 5 rings (SSSR count). The van der Waals surface area contributed by atoms with Crippen molar-refractivity contribution in [2.45, 2.75) is 37.0 Å². The van der Waals surface area contributed by atoms with Gasteiger partial charge in [-0.3, -0.25) is 14.0 Å². The van der Waals surface area contributed by atoms with E-state index in [1.165, 1.54) is 11.3 Å². The number of thioether (sulfide) groups is 1. The SMILES string of the molecule is CSc1nccn1-c1cccc(C(=O)NC2CCCc3c2cnn3Cc2ccccc2)c1. The Labute approximate surface area is 191 Å². The van der Waals surface area contributed by atoms with E-state index in [-0.39, 0.29) is 11.9 Å². The largest absolute Gasteiger partial charge is 0.345 e. The third-order valence-electron chi connectivity index (χ3n) is 5.92. The minimum absolute atomic E-state index is 0.0190. The van der Waals surface area contributed by atoms with Crippen LogP contribution in [-0.2, 0) is 13.0 Å². The number of imidazole rings is 1. The zero-order chi connectivity index (χ0) is 21.9.